The number of esters is 1. The van der Waals surface area contributed by atoms with E-state index >= 15 is 0 Å². The van der Waals surface area contributed by atoms with E-state index in [9.17, 15) is 4.79 Å². The topological polar surface area (TPSA) is 26.3 Å². The quantitative estimate of drug-likeness (QED) is 0.221. The molecular formula is C29H48O2. The van der Waals surface area contributed by atoms with Crippen molar-refractivity contribution in [1.29, 1.82) is 0 Å². The fourth-order valence-electron chi connectivity index (χ4n) is 8.58. The molecular weight excluding hydrogens is 380 g/mol. The van der Waals surface area contributed by atoms with Crippen LogP contribution in [0.15, 0.2) is 11.6 Å². The van der Waals surface area contributed by atoms with Crippen LogP contribution in [0.25, 0.3) is 0 Å². The lowest BCUT2D eigenvalue weighted by molar-refractivity contribution is -0.151. The molecule has 0 aromatic rings. The summed E-state index contributed by atoms with van der Waals surface area (Å²) < 4.78 is 5.84. The van der Waals surface area contributed by atoms with Gasteiger partial charge in [0, 0.05) is 12.8 Å². The zero-order valence-corrected chi connectivity index (χ0v) is 20.9. The Morgan fingerprint density at radius 3 is 2.61 bits per heavy atom. The van der Waals surface area contributed by atoms with Crippen molar-refractivity contribution in [3.8, 4) is 0 Å². The number of allylic oxidation sites excluding steroid dienone is 1. The largest absolute Gasteiger partial charge is 0.462 e. The maximum Gasteiger partial charge on any atom is 0.306 e. The molecule has 4 aliphatic carbocycles. The highest BCUT2D eigenvalue weighted by Gasteiger charge is 2.58. The lowest BCUT2D eigenvalue weighted by Crippen LogP contribution is -2.50. The summed E-state index contributed by atoms with van der Waals surface area (Å²) in [5.41, 5.74) is 2.59. The second-order valence-corrected chi connectivity index (χ2v) is 12.0. The van der Waals surface area contributed by atoms with Crippen LogP contribution in [0.1, 0.15) is 124 Å². The van der Waals surface area contributed by atoms with Crippen LogP contribution in [-0.4, -0.2) is 12.1 Å². The van der Waals surface area contributed by atoms with Gasteiger partial charge in [0.1, 0.15) is 6.10 Å². The molecule has 4 rings (SSSR count). The number of hydrogen-bond donors (Lipinski definition) is 0. The fraction of sp³-hybridized carbons (Fsp3) is 0.897. The zero-order valence-electron chi connectivity index (χ0n) is 20.9. The normalized spacial score (nSPS) is 41.7. The third kappa shape index (κ3) is 4.39. The molecule has 0 saturated heterocycles. The summed E-state index contributed by atoms with van der Waals surface area (Å²) in [6.07, 6.45) is 21.7. The molecule has 4 aliphatic rings. The predicted octanol–water partition coefficient (Wildman–Crippen LogP) is 8.25. The highest BCUT2D eigenvalue weighted by molar-refractivity contribution is 5.69. The molecule has 0 bridgehead atoms. The minimum Gasteiger partial charge on any atom is -0.462 e. The van der Waals surface area contributed by atoms with Crippen molar-refractivity contribution in [2.45, 2.75) is 130 Å². The number of carbonyl (C=O) groups excluding carboxylic acids is 1. The van der Waals surface area contributed by atoms with E-state index < -0.39 is 0 Å². The molecule has 7 atom stereocenters. The number of unbranched alkanes of at least 4 members (excludes halogenated alkanes) is 3. The summed E-state index contributed by atoms with van der Waals surface area (Å²) in [6, 6.07) is 0. The average Bonchev–Trinajstić information content (AvgIpc) is 3.08. The molecule has 0 spiro atoms. The lowest BCUT2D eigenvalue weighted by atomic mass is 9.47. The standard InChI is InChI=1S/C29H48O2/c1-5-7-8-9-11-21-13-15-25-24-14-12-22-20-23(31-27(30)10-6-2)16-18-29(22,4)26(24)17-19-28(21,25)3/h12,21,23-26H,5-11,13-20H2,1-4H3. The van der Waals surface area contributed by atoms with Gasteiger partial charge in [0.25, 0.3) is 0 Å². The summed E-state index contributed by atoms with van der Waals surface area (Å²) in [7, 11) is 0. The molecule has 0 heterocycles. The van der Waals surface area contributed by atoms with E-state index in [4.69, 9.17) is 4.74 Å². The molecule has 2 heteroatoms. The van der Waals surface area contributed by atoms with Crippen LogP contribution in [0.4, 0.5) is 0 Å². The van der Waals surface area contributed by atoms with Crippen LogP contribution in [0, 0.1) is 34.5 Å². The van der Waals surface area contributed by atoms with Gasteiger partial charge >= 0.3 is 5.97 Å². The Balaban J connectivity index is 1.43. The van der Waals surface area contributed by atoms with Gasteiger partial charge in [-0.05, 0) is 92.3 Å². The fourth-order valence-corrected chi connectivity index (χ4v) is 8.58. The first kappa shape index (κ1) is 23.4. The second kappa shape index (κ2) is 9.60. The third-order valence-electron chi connectivity index (χ3n) is 10.4. The van der Waals surface area contributed by atoms with Crippen molar-refractivity contribution in [1.82, 2.24) is 0 Å². The van der Waals surface area contributed by atoms with Gasteiger partial charge < -0.3 is 4.74 Å². The van der Waals surface area contributed by atoms with Gasteiger partial charge in [-0.3, -0.25) is 4.79 Å². The zero-order chi connectivity index (χ0) is 22.1. The van der Waals surface area contributed by atoms with Gasteiger partial charge in [-0.15, -0.1) is 0 Å². The number of ether oxygens (including phenoxy) is 1. The molecule has 0 aromatic heterocycles. The Morgan fingerprint density at radius 2 is 1.84 bits per heavy atom. The van der Waals surface area contributed by atoms with E-state index in [1.807, 2.05) is 0 Å². The molecule has 2 nitrogen and oxygen atoms in total. The molecule has 3 fully saturated rings. The van der Waals surface area contributed by atoms with E-state index in [0.29, 0.717) is 17.3 Å². The van der Waals surface area contributed by atoms with Gasteiger partial charge in [0.2, 0.25) is 0 Å². The van der Waals surface area contributed by atoms with Crippen molar-refractivity contribution in [2.75, 3.05) is 0 Å². The monoisotopic (exact) mass is 428 g/mol. The molecule has 7 unspecified atom stereocenters. The number of rotatable bonds is 8. The summed E-state index contributed by atoms with van der Waals surface area (Å²) in [6.45, 7) is 9.62. The van der Waals surface area contributed by atoms with Gasteiger partial charge in [-0.1, -0.05) is 65.0 Å². The highest BCUT2D eigenvalue weighted by Crippen LogP contribution is 2.66. The Labute approximate surface area is 192 Å². The number of fused-ring (bicyclic) bond motifs is 5. The molecule has 0 aromatic carbocycles. The Morgan fingerprint density at radius 1 is 1.00 bits per heavy atom. The van der Waals surface area contributed by atoms with E-state index in [2.05, 4.69) is 33.8 Å². The van der Waals surface area contributed by atoms with Crippen LogP contribution >= 0.6 is 0 Å². The van der Waals surface area contributed by atoms with Gasteiger partial charge in [0.15, 0.2) is 0 Å². The maximum atomic E-state index is 12.0. The van der Waals surface area contributed by atoms with Crippen LogP contribution in [0.3, 0.4) is 0 Å². The van der Waals surface area contributed by atoms with Crippen molar-refractivity contribution in [3.63, 3.8) is 0 Å². The molecule has 0 N–H and O–H groups in total. The third-order valence-corrected chi connectivity index (χ3v) is 10.4. The minimum absolute atomic E-state index is 0.00903. The maximum absolute atomic E-state index is 12.0. The van der Waals surface area contributed by atoms with Crippen LogP contribution in [0.2, 0.25) is 0 Å². The highest BCUT2D eigenvalue weighted by atomic mass is 16.5. The Bertz CT molecular complexity index is 666. The molecule has 0 amide bonds. The molecule has 0 aliphatic heterocycles. The van der Waals surface area contributed by atoms with Crippen molar-refractivity contribution >= 4 is 5.97 Å². The van der Waals surface area contributed by atoms with Crippen molar-refractivity contribution in [3.05, 3.63) is 11.6 Å². The second-order valence-electron chi connectivity index (χ2n) is 12.0. The first-order valence-corrected chi connectivity index (χ1v) is 13.8. The molecule has 0 radical (unpaired) electrons. The summed E-state index contributed by atoms with van der Waals surface area (Å²) in [4.78, 5) is 12.0. The van der Waals surface area contributed by atoms with E-state index in [-0.39, 0.29) is 12.1 Å². The minimum atomic E-state index is 0.00903. The van der Waals surface area contributed by atoms with E-state index in [0.717, 1.165) is 42.9 Å². The van der Waals surface area contributed by atoms with E-state index in [1.54, 1.807) is 5.57 Å². The number of carbonyl (C=O) groups is 1. The average molecular weight is 429 g/mol. The van der Waals surface area contributed by atoms with Crippen LogP contribution in [-0.2, 0) is 9.53 Å². The predicted molar refractivity (Wildman–Crippen MR) is 129 cm³/mol. The van der Waals surface area contributed by atoms with Gasteiger partial charge in [-0.25, -0.2) is 0 Å². The Kier molecular flexibility index (Phi) is 7.24. The van der Waals surface area contributed by atoms with Crippen LogP contribution < -0.4 is 0 Å². The number of hydrogen-bond acceptors (Lipinski definition) is 2. The van der Waals surface area contributed by atoms with Crippen LogP contribution in [0.5, 0.6) is 0 Å². The molecule has 3 saturated carbocycles. The van der Waals surface area contributed by atoms with Crippen molar-refractivity contribution in [2.24, 2.45) is 34.5 Å². The molecule has 31 heavy (non-hydrogen) atoms. The summed E-state index contributed by atoms with van der Waals surface area (Å²) in [5.74, 6) is 3.68. The van der Waals surface area contributed by atoms with Gasteiger partial charge in [-0.2, -0.15) is 0 Å². The van der Waals surface area contributed by atoms with E-state index in [1.165, 1.54) is 70.6 Å². The lowest BCUT2D eigenvalue weighted by Gasteiger charge is -2.58. The molecule has 176 valence electrons. The smallest absolute Gasteiger partial charge is 0.306 e. The summed E-state index contributed by atoms with van der Waals surface area (Å²) >= 11 is 0. The van der Waals surface area contributed by atoms with Crippen molar-refractivity contribution < 1.29 is 9.53 Å². The van der Waals surface area contributed by atoms with Gasteiger partial charge in [0.05, 0.1) is 0 Å². The SMILES string of the molecule is CCCCCCC1CCC2C3CC=C4CC(OC(=O)CCC)CCC4(C)C3CCC12C. The Hall–Kier alpha value is -0.790. The summed E-state index contributed by atoms with van der Waals surface area (Å²) in [5, 5.41) is 0. The first-order valence-electron chi connectivity index (χ1n) is 13.8. The first-order chi connectivity index (χ1) is 14.9.